The van der Waals surface area contributed by atoms with E-state index in [-0.39, 0.29) is 6.16 Å². The van der Waals surface area contributed by atoms with E-state index >= 15 is 0 Å². The van der Waals surface area contributed by atoms with Crippen LogP contribution in [0.4, 0.5) is 0 Å². The van der Waals surface area contributed by atoms with Crippen molar-refractivity contribution in [3.8, 4) is 11.5 Å². The molecule has 5 nitrogen and oxygen atoms in total. The quantitative estimate of drug-likeness (QED) is 0.536. The molecule has 0 heterocycles. The van der Waals surface area contributed by atoms with Gasteiger partial charge in [-0.3, -0.25) is 4.57 Å². The van der Waals surface area contributed by atoms with E-state index in [9.17, 15) is 4.57 Å². The van der Waals surface area contributed by atoms with E-state index in [0.717, 1.165) is 35.5 Å². The second-order valence-electron chi connectivity index (χ2n) is 6.35. The van der Waals surface area contributed by atoms with Gasteiger partial charge in [-0.15, -0.1) is 0 Å². The maximum atomic E-state index is 12.8. The van der Waals surface area contributed by atoms with E-state index in [2.05, 4.69) is 0 Å². The molecule has 0 aromatic heterocycles. The number of methoxy groups -OCH3 is 2. The van der Waals surface area contributed by atoms with Crippen LogP contribution >= 0.6 is 7.60 Å². The third kappa shape index (κ3) is 5.22. The van der Waals surface area contributed by atoms with Crippen molar-refractivity contribution >= 4 is 7.60 Å². The number of hydrogen-bond donors (Lipinski definition) is 0. The van der Waals surface area contributed by atoms with Crippen molar-refractivity contribution in [3.63, 3.8) is 0 Å². The number of hydrogen-bond acceptors (Lipinski definition) is 5. The minimum atomic E-state index is -3.16. The van der Waals surface area contributed by atoms with Crippen LogP contribution in [-0.4, -0.2) is 27.4 Å². The maximum absolute atomic E-state index is 12.8. The molecule has 2 rings (SSSR count). The molecular weight excluding hydrogens is 339 g/mol. The molecule has 1 aromatic rings. The zero-order chi connectivity index (χ0) is 18.3. The Morgan fingerprint density at radius 1 is 0.960 bits per heavy atom. The van der Waals surface area contributed by atoms with Gasteiger partial charge in [0.1, 0.15) is 11.5 Å². The Balaban J connectivity index is 2.35. The smallest absolute Gasteiger partial charge is 0.335 e. The van der Waals surface area contributed by atoms with E-state index < -0.39 is 7.60 Å². The molecule has 1 aliphatic rings. The molecule has 1 saturated carbocycles. The fraction of sp³-hybridized carbons (Fsp3) is 0.684. The molecule has 0 unspecified atom stereocenters. The second kappa shape index (κ2) is 9.61. The first-order valence-electron chi connectivity index (χ1n) is 9.19. The van der Waals surface area contributed by atoms with Crippen LogP contribution in [0.1, 0.15) is 63.0 Å². The first-order valence-corrected chi connectivity index (χ1v) is 10.9. The van der Waals surface area contributed by atoms with Gasteiger partial charge in [-0.05, 0) is 50.3 Å². The lowest BCUT2D eigenvalue weighted by Gasteiger charge is -2.26. The Morgan fingerprint density at radius 3 is 1.92 bits per heavy atom. The predicted molar refractivity (Wildman–Crippen MR) is 99.9 cm³/mol. The molecule has 1 fully saturated rings. The monoisotopic (exact) mass is 370 g/mol. The van der Waals surface area contributed by atoms with Crippen LogP contribution in [-0.2, 0) is 19.8 Å². The van der Waals surface area contributed by atoms with Crippen LogP contribution in [0.2, 0.25) is 0 Å². The average Bonchev–Trinajstić information content (AvgIpc) is 2.61. The molecule has 1 aliphatic carbocycles. The molecule has 0 spiro atoms. The van der Waals surface area contributed by atoms with Gasteiger partial charge in [-0.25, -0.2) is 0 Å². The molecule has 25 heavy (non-hydrogen) atoms. The zero-order valence-corrected chi connectivity index (χ0v) is 16.8. The van der Waals surface area contributed by atoms with Crippen LogP contribution in [0.3, 0.4) is 0 Å². The zero-order valence-electron chi connectivity index (χ0n) is 15.9. The van der Waals surface area contributed by atoms with Crippen molar-refractivity contribution in [1.82, 2.24) is 0 Å². The highest BCUT2D eigenvalue weighted by atomic mass is 31.2. The van der Waals surface area contributed by atoms with Crippen LogP contribution in [0.25, 0.3) is 0 Å². The molecule has 142 valence electrons. The summed E-state index contributed by atoms with van der Waals surface area (Å²) in [4.78, 5) is 0. The number of rotatable bonds is 9. The Morgan fingerprint density at radius 2 is 1.48 bits per heavy atom. The molecule has 0 N–H and O–H groups in total. The molecule has 0 atom stereocenters. The summed E-state index contributed by atoms with van der Waals surface area (Å²) in [5, 5.41) is 0. The summed E-state index contributed by atoms with van der Waals surface area (Å²) in [5.74, 6) is 2.07. The summed E-state index contributed by atoms with van der Waals surface area (Å²) in [6.45, 7) is 4.34. The first kappa shape index (κ1) is 20.3. The van der Waals surface area contributed by atoms with Gasteiger partial charge < -0.3 is 18.5 Å². The Bertz CT molecular complexity index is 560. The van der Waals surface area contributed by atoms with Crippen molar-refractivity contribution in [3.05, 3.63) is 23.3 Å². The van der Waals surface area contributed by atoms with E-state index in [1.54, 1.807) is 14.2 Å². The van der Waals surface area contributed by atoms with Crippen molar-refractivity contribution in [2.45, 2.75) is 58.0 Å². The summed E-state index contributed by atoms with van der Waals surface area (Å²) in [5.41, 5.74) is 1.98. The van der Waals surface area contributed by atoms with E-state index in [4.69, 9.17) is 18.5 Å². The maximum Gasteiger partial charge on any atom is 0.335 e. The largest absolute Gasteiger partial charge is 0.496 e. The lowest BCUT2D eigenvalue weighted by Crippen LogP contribution is -2.09. The van der Waals surface area contributed by atoms with Gasteiger partial charge in [0.25, 0.3) is 0 Å². The fourth-order valence-electron chi connectivity index (χ4n) is 3.62. The molecule has 0 aliphatic heterocycles. The van der Waals surface area contributed by atoms with Crippen LogP contribution in [0, 0.1) is 0 Å². The number of ether oxygens (including phenoxy) is 2. The first-order chi connectivity index (χ1) is 12.1. The Hall–Kier alpha value is -1.03. The predicted octanol–water partition coefficient (Wildman–Crippen LogP) is 5.52. The van der Waals surface area contributed by atoms with Crippen molar-refractivity contribution in [2.24, 2.45) is 0 Å². The van der Waals surface area contributed by atoms with Crippen LogP contribution in [0.15, 0.2) is 12.1 Å². The standard InChI is InChI=1S/C19H31O5P/c1-5-23-25(20,24-6-2)14-15-12-17(21-3)19(18(13-15)22-4)16-10-8-7-9-11-16/h12-13,16H,5-11,14H2,1-4H3. The van der Waals surface area contributed by atoms with Crippen molar-refractivity contribution in [2.75, 3.05) is 27.4 Å². The molecule has 0 radical (unpaired) electrons. The summed E-state index contributed by atoms with van der Waals surface area (Å²) in [6.07, 6.45) is 6.30. The SMILES string of the molecule is CCOP(=O)(Cc1cc(OC)c(C2CCCCC2)c(OC)c1)OCC. The lowest BCUT2D eigenvalue weighted by atomic mass is 9.83. The Kier molecular flexibility index (Phi) is 7.80. The minimum Gasteiger partial charge on any atom is -0.496 e. The molecular formula is C19H31O5P. The highest BCUT2D eigenvalue weighted by Gasteiger charge is 2.28. The topological polar surface area (TPSA) is 54.0 Å². The Labute approximate surface area is 151 Å². The molecule has 1 aromatic carbocycles. The van der Waals surface area contributed by atoms with Crippen molar-refractivity contribution < 1.29 is 23.1 Å². The van der Waals surface area contributed by atoms with Gasteiger partial charge in [0.2, 0.25) is 0 Å². The minimum absolute atomic E-state index is 0.215. The second-order valence-corrected chi connectivity index (χ2v) is 8.41. The molecule has 6 heteroatoms. The van der Waals surface area contributed by atoms with Gasteiger partial charge in [-0.2, -0.15) is 0 Å². The average molecular weight is 370 g/mol. The van der Waals surface area contributed by atoms with E-state index in [1.807, 2.05) is 26.0 Å². The molecule has 0 bridgehead atoms. The van der Waals surface area contributed by atoms with E-state index in [1.165, 1.54) is 19.3 Å². The summed E-state index contributed by atoms with van der Waals surface area (Å²) < 4.78 is 35.0. The highest BCUT2D eigenvalue weighted by Crippen LogP contribution is 2.53. The molecule has 0 saturated heterocycles. The normalized spacial score (nSPS) is 16.0. The van der Waals surface area contributed by atoms with Gasteiger partial charge in [0, 0.05) is 5.56 Å². The highest BCUT2D eigenvalue weighted by molar-refractivity contribution is 7.53. The fourth-order valence-corrected chi connectivity index (χ4v) is 5.30. The lowest BCUT2D eigenvalue weighted by molar-refractivity contribution is 0.219. The van der Waals surface area contributed by atoms with Crippen molar-refractivity contribution in [1.29, 1.82) is 0 Å². The third-order valence-electron chi connectivity index (χ3n) is 4.64. The van der Waals surface area contributed by atoms with Gasteiger partial charge in [0.05, 0.1) is 33.6 Å². The van der Waals surface area contributed by atoms with E-state index in [0.29, 0.717) is 19.1 Å². The van der Waals surface area contributed by atoms with Gasteiger partial charge >= 0.3 is 7.60 Å². The summed E-state index contributed by atoms with van der Waals surface area (Å²) in [6, 6.07) is 3.91. The van der Waals surface area contributed by atoms with Gasteiger partial charge in [-0.1, -0.05) is 19.3 Å². The third-order valence-corrected chi connectivity index (χ3v) is 6.70. The number of benzene rings is 1. The van der Waals surface area contributed by atoms with Gasteiger partial charge in [0.15, 0.2) is 0 Å². The van der Waals surface area contributed by atoms with Crippen LogP contribution in [0.5, 0.6) is 11.5 Å². The summed E-state index contributed by atoms with van der Waals surface area (Å²) in [7, 11) is 0.192. The van der Waals surface area contributed by atoms with Crippen LogP contribution < -0.4 is 9.47 Å². The summed E-state index contributed by atoms with van der Waals surface area (Å²) >= 11 is 0. The molecule has 0 amide bonds.